The van der Waals surface area contributed by atoms with Crippen molar-refractivity contribution in [1.29, 1.82) is 0 Å². The van der Waals surface area contributed by atoms with Gasteiger partial charge in [0.25, 0.3) is 0 Å². The fourth-order valence-corrected chi connectivity index (χ4v) is 1.69. The van der Waals surface area contributed by atoms with Crippen LogP contribution >= 0.6 is 0 Å². The van der Waals surface area contributed by atoms with E-state index in [9.17, 15) is 4.79 Å². The summed E-state index contributed by atoms with van der Waals surface area (Å²) in [5, 5.41) is 0. The number of carbonyl (C=O) groups is 1. The van der Waals surface area contributed by atoms with Gasteiger partial charge in [-0.05, 0) is 5.56 Å². The molecule has 78 valence electrons. The number of nitrogens with zero attached hydrogens (tertiary/aromatic N) is 1. The van der Waals surface area contributed by atoms with Crippen LogP contribution in [0.2, 0.25) is 0 Å². The SMILES string of the molecule is C=C(c1ccccc1)N1CCOC1C=O. The van der Waals surface area contributed by atoms with E-state index in [4.69, 9.17) is 4.74 Å². The van der Waals surface area contributed by atoms with Crippen LogP contribution in [-0.2, 0) is 9.53 Å². The van der Waals surface area contributed by atoms with Gasteiger partial charge < -0.3 is 9.64 Å². The number of ether oxygens (including phenoxy) is 1. The molecule has 3 heteroatoms. The zero-order valence-corrected chi connectivity index (χ0v) is 8.43. The molecule has 1 aromatic carbocycles. The molecule has 1 aliphatic heterocycles. The van der Waals surface area contributed by atoms with Crippen molar-refractivity contribution in [3.63, 3.8) is 0 Å². The van der Waals surface area contributed by atoms with Gasteiger partial charge in [0, 0.05) is 12.2 Å². The van der Waals surface area contributed by atoms with E-state index in [1.807, 2.05) is 35.2 Å². The first-order valence-electron chi connectivity index (χ1n) is 4.91. The van der Waals surface area contributed by atoms with Gasteiger partial charge in [0.15, 0.2) is 12.5 Å². The van der Waals surface area contributed by atoms with Crippen molar-refractivity contribution in [2.45, 2.75) is 6.23 Å². The number of benzene rings is 1. The normalized spacial score (nSPS) is 20.3. The summed E-state index contributed by atoms with van der Waals surface area (Å²) < 4.78 is 5.25. The number of carbonyl (C=O) groups excluding carboxylic acids is 1. The number of hydrogen-bond acceptors (Lipinski definition) is 3. The van der Waals surface area contributed by atoms with Gasteiger partial charge in [-0.3, -0.25) is 4.79 Å². The van der Waals surface area contributed by atoms with E-state index in [-0.39, 0.29) is 0 Å². The van der Waals surface area contributed by atoms with Gasteiger partial charge in [-0.1, -0.05) is 36.9 Å². The van der Waals surface area contributed by atoms with E-state index < -0.39 is 6.23 Å². The van der Waals surface area contributed by atoms with Gasteiger partial charge in [0.1, 0.15) is 0 Å². The summed E-state index contributed by atoms with van der Waals surface area (Å²) in [5.74, 6) is 0. The molecule has 0 aromatic heterocycles. The Kier molecular flexibility index (Phi) is 2.83. The second-order valence-electron chi connectivity index (χ2n) is 3.40. The Bertz CT molecular complexity index is 361. The Morgan fingerprint density at radius 3 is 2.87 bits per heavy atom. The largest absolute Gasteiger partial charge is 0.349 e. The maximum absolute atomic E-state index is 10.7. The third-order valence-electron chi connectivity index (χ3n) is 2.50. The maximum Gasteiger partial charge on any atom is 0.186 e. The second kappa shape index (κ2) is 4.28. The van der Waals surface area contributed by atoms with Crippen molar-refractivity contribution in [3.05, 3.63) is 42.5 Å². The Balaban J connectivity index is 2.18. The Hall–Kier alpha value is -1.61. The molecule has 1 fully saturated rings. The molecule has 1 unspecified atom stereocenters. The van der Waals surface area contributed by atoms with Gasteiger partial charge in [-0.15, -0.1) is 0 Å². The molecule has 0 saturated carbocycles. The minimum Gasteiger partial charge on any atom is -0.349 e. The zero-order valence-electron chi connectivity index (χ0n) is 8.43. The topological polar surface area (TPSA) is 29.5 Å². The quantitative estimate of drug-likeness (QED) is 0.697. The summed E-state index contributed by atoms with van der Waals surface area (Å²) in [6.45, 7) is 5.29. The minimum absolute atomic E-state index is 0.474. The minimum atomic E-state index is -0.474. The molecule has 1 aromatic rings. The number of hydrogen-bond donors (Lipinski definition) is 0. The summed E-state index contributed by atoms with van der Waals surface area (Å²) >= 11 is 0. The molecule has 0 N–H and O–H groups in total. The van der Waals surface area contributed by atoms with Crippen molar-refractivity contribution in [2.24, 2.45) is 0 Å². The first kappa shape index (κ1) is 9.93. The van der Waals surface area contributed by atoms with Crippen molar-refractivity contribution in [2.75, 3.05) is 13.2 Å². The molecule has 3 nitrogen and oxygen atoms in total. The lowest BCUT2D eigenvalue weighted by Crippen LogP contribution is -2.29. The van der Waals surface area contributed by atoms with Crippen LogP contribution in [0, 0.1) is 0 Å². The second-order valence-corrected chi connectivity index (χ2v) is 3.40. The van der Waals surface area contributed by atoms with Crippen LogP contribution < -0.4 is 0 Å². The molecule has 0 amide bonds. The third-order valence-corrected chi connectivity index (χ3v) is 2.50. The average molecular weight is 203 g/mol. The zero-order chi connectivity index (χ0) is 10.7. The molecule has 0 aliphatic carbocycles. The first-order chi connectivity index (χ1) is 7.33. The van der Waals surface area contributed by atoms with Crippen LogP contribution in [0.4, 0.5) is 0 Å². The standard InChI is InChI=1S/C12H13NO2/c1-10(11-5-3-2-4-6-11)13-7-8-15-12(13)9-14/h2-6,9,12H,1,7-8H2. The lowest BCUT2D eigenvalue weighted by Gasteiger charge is -2.23. The summed E-state index contributed by atoms with van der Waals surface area (Å²) in [7, 11) is 0. The van der Waals surface area contributed by atoms with Crippen molar-refractivity contribution >= 4 is 12.0 Å². The average Bonchev–Trinajstić information content (AvgIpc) is 2.77. The summed E-state index contributed by atoms with van der Waals surface area (Å²) in [6.07, 6.45) is 0.332. The van der Waals surface area contributed by atoms with E-state index in [0.717, 1.165) is 24.1 Å². The van der Waals surface area contributed by atoms with Gasteiger partial charge >= 0.3 is 0 Å². The highest BCUT2D eigenvalue weighted by Crippen LogP contribution is 2.22. The van der Waals surface area contributed by atoms with Crippen LogP contribution in [0.25, 0.3) is 5.70 Å². The van der Waals surface area contributed by atoms with E-state index >= 15 is 0 Å². The Morgan fingerprint density at radius 2 is 2.20 bits per heavy atom. The van der Waals surface area contributed by atoms with Crippen molar-refractivity contribution < 1.29 is 9.53 Å². The van der Waals surface area contributed by atoms with E-state index in [2.05, 4.69) is 6.58 Å². The monoisotopic (exact) mass is 203 g/mol. The first-order valence-corrected chi connectivity index (χ1v) is 4.91. The molecule has 0 bridgehead atoms. The molecule has 1 aliphatic rings. The smallest absolute Gasteiger partial charge is 0.186 e. The fraction of sp³-hybridized carbons (Fsp3) is 0.250. The molecule has 1 atom stereocenters. The molecule has 0 spiro atoms. The van der Waals surface area contributed by atoms with Gasteiger partial charge in [0.2, 0.25) is 0 Å². The number of aldehydes is 1. The number of rotatable bonds is 3. The van der Waals surface area contributed by atoms with Crippen molar-refractivity contribution in [3.8, 4) is 0 Å². The Morgan fingerprint density at radius 1 is 1.47 bits per heavy atom. The molecular formula is C12H13NO2. The van der Waals surface area contributed by atoms with Crippen LogP contribution in [0.1, 0.15) is 5.56 Å². The van der Waals surface area contributed by atoms with Crippen LogP contribution in [-0.4, -0.2) is 30.6 Å². The maximum atomic E-state index is 10.7. The van der Waals surface area contributed by atoms with Crippen LogP contribution in [0.3, 0.4) is 0 Å². The molecule has 1 heterocycles. The van der Waals surface area contributed by atoms with Crippen LogP contribution in [0.15, 0.2) is 36.9 Å². The Labute approximate surface area is 89.0 Å². The summed E-state index contributed by atoms with van der Waals surface area (Å²) in [5.41, 5.74) is 1.86. The molecule has 15 heavy (non-hydrogen) atoms. The third kappa shape index (κ3) is 1.92. The van der Waals surface area contributed by atoms with E-state index in [1.165, 1.54) is 0 Å². The van der Waals surface area contributed by atoms with Gasteiger partial charge in [-0.2, -0.15) is 0 Å². The summed E-state index contributed by atoms with van der Waals surface area (Å²) in [6, 6.07) is 9.81. The van der Waals surface area contributed by atoms with Gasteiger partial charge in [0.05, 0.1) is 6.61 Å². The molecule has 2 rings (SSSR count). The summed E-state index contributed by atoms with van der Waals surface area (Å²) in [4.78, 5) is 12.6. The lowest BCUT2D eigenvalue weighted by molar-refractivity contribution is -0.119. The van der Waals surface area contributed by atoms with Gasteiger partial charge in [-0.25, -0.2) is 0 Å². The fourth-order valence-electron chi connectivity index (χ4n) is 1.69. The highest BCUT2D eigenvalue weighted by Gasteiger charge is 2.25. The molecule has 1 saturated heterocycles. The predicted molar refractivity (Wildman–Crippen MR) is 58.0 cm³/mol. The highest BCUT2D eigenvalue weighted by molar-refractivity contribution is 5.67. The molecule has 0 radical (unpaired) electrons. The highest BCUT2D eigenvalue weighted by atomic mass is 16.5. The van der Waals surface area contributed by atoms with E-state index in [1.54, 1.807) is 0 Å². The van der Waals surface area contributed by atoms with E-state index in [0.29, 0.717) is 6.61 Å². The predicted octanol–water partition coefficient (Wildman–Crippen LogP) is 1.51. The van der Waals surface area contributed by atoms with Crippen LogP contribution in [0.5, 0.6) is 0 Å². The lowest BCUT2D eigenvalue weighted by atomic mass is 10.1. The van der Waals surface area contributed by atoms with Crippen molar-refractivity contribution in [1.82, 2.24) is 4.90 Å². The molecular weight excluding hydrogens is 190 g/mol.